The van der Waals surface area contributed by atoms with Crippen molar-refractivity contribution in [3.63, 3.8) is 0 Å². The molecule has 5 atom stereocenters. The summed E-state index contributed by atoms with van der Waals surface area (Å²) in [6.45, 7) is 4.53. The molecule has 0 saturated carbocycles. The molecule has 0 rings (SSSR count). The van der Waals surface area contributed by atoms with E-state index in [2.05, 4.69) is 137 Å². The van der Waals surface area contributed by atoms with Crippen molar-refractivity contribution in [2.75, 3.05) is 39.6 Å². The number of rotatable bonds is 71. The number of esters is 4. The van der Waals surface area contributed by atoms with Crippen LogP contribution in [-0.2, 0) is 65.4 Å². The van der Waals surface area contributed by atoms with Crippen molar-refractivity contribution >= 4 is 39.5 Å². The highest BCUT2D eigenvalue weighted by atomic mass is 31.2. The van der Waals surface area contributed by atoms with Gasteiger partial charge < -0.3 is 33.8 Å². The Morgan fingerprint density at radius 3 is 0.857 bits per heavy atom. The van der Waals surface area contributed by atoms with E-state index in [4.69, 9.17) is 37.0 Å². The number of carbonyl (C=O) groups is 4. The standard InChI is InChI=1S/C79H136O17P2/c1-5-9-13-17-21-25-29-33-35-36-38-42-44-48-52-56-60-64-77(82)90-70-75(96-79(84)66-62-58-54-50-46-40-32-28-24-20-16-12-8-4)72-94-98(87,88)92-68-73(80)67-91-97(85,86)93-71-74(95-78(83)65-61-57-53-49-45-39-31-27-23-19-15-11-7-3)69-89-76(81)63-59-55-51-47-43-41-37-34-30-26-22-18-14-10-6-2/h9-10,13-15,19,21-22,25-27,31,33-35,37-38,42,73-75,80H,5-8,11-12,16-18,20,23-24,28-30,32,36,39-41,43-72H2,1-4H3,(H,85,86)(H,87,88)/b13-9-,14-10-,19-15-,25-21-,26-22-,31-27-,35-33-,37-34-,42-38-. The topological polar surface area (TPSA) is 237 Å². The number of carbonyl (C=O) groups excluding carboxylic acids is 4. The van der Waals surface area contributed by atoms with Crippen LogP contribution in [0.25, 0.3) is 0 Å². The summed E-state index contributed by atoms with van der Waals surface area (Å²) in [4.78, 5) is 72.8. The van der Waals surface area contributed by atoms with Gasteiger partial charge in [0.05, 0.1) is 26.4 Å². The molecule has 564 valence electrons. The Bertz CT molecular complexity index is 2290. The molecule has 0 aromatic heterocycles. The Morgan fingerprint density at radius 1 is 0.296 bits per heavy atom. The fourth-order valence-electron chi connectivity index (χ4n) is 9.97. The summed E-state index contributed by atoms with van der Waals surface area (Å²) in [5.41, 5.74) is 0. The summed E-state index contributed by atoms with van der Waals surface area (Å²) in [7, 11) is -9.96. The summed E-state index contributed by atoms with van der Waals surface area (Å²) in [5, 5.41) is 10.6. The molecule has 0 aliphatic carbocycles. The number of hydrogen-bond acceptors (Lipinski definition) is 15. The summed E-state index contributed by atoms with van der Waals surface area (Å²) < 4.78 is 68.4. The van der Waals surface area contributed by atoms with E-state index < -0.39 is 97.5 Å². The highest BCUT2D eigenvalue weighted by Crippen LogP contribution is 2.45. The van der Waals surface area contributed by atoms with E-state index in [1.807, 2.05) is 0 Å². The molecule has 0 aliphatic heterocycles. The Balaban J connectivity index is 5.37. The fourth-order valence-corrected chi connectivity index (χ4v) is 11.5. The van der Waals surface area contributed by atoms with E-state index in [-0.39, 0.29) is 25.7 Å². The number of phosphoric acid groups is 2. The van der Waals surface area contributed by atoms with E-state index in [9.17, 15) is 43.2 Å². The van der Waals surface area contributed by atoms with Crippen LogP contribution in [0, 0.1) is 0 Å². The highest BCUT2D eigenvalue weighted by Gasteiger charge is 2.30. The van der Waals surface area contributed by atoms with Gasteiger partial charge in [0.15, 0.2) is 12.2 Å². The van der Waals surface area contributed by atoms with Crippen LogP contribution in [0.15, 0.2) is 109 Å². The first-order valence-electron chi connectivity index (χ1n) is 38.1. The molecular formula is C79H136O17P2. The molecule has 0 fully saturated rings. The van der Waals surface area contributed by atoms with Crippen LogP contribution in [-0.4, -0.2) is 96.7 Å². The fraction of sp³-hybridized carbons (Fsp3) is 0.722. The van der Waals surface area contributed by atoms with Crippen molar-refractivity contribution < 1.29 is 80.2 Å². The van der Waals surface area contributed by atoms with Gasteiger partial charge in [-0.3, -0.25) is 37.3 Å². The molecule has 0 amide bonds. The molecule has 98 heavy (non-hydrogen) atoms. The predicted octanol–water partition coefficient (Wildman–Crippen LogP) is 21.8. The first-order chi connectivity index (χ1) is 47.7. The van der Waals surface area contributed by atoms with E-state index in [1.165, 1.54) is 51.4 Å². The van der Waals surface area contributed by atoms with Crippen molar-refractivity contribution in [3.05, 3.63) is 109 Å². The molecule has 17 nitrogen and oxygen atoms in total. The van der Waals surface area contributed by atoms with Crippen LogP contribution in [0.1, 0.15) is 310 Å². The van der Waals surface area contributed by atoms with Crippen molar-refractivity contribution in [2.45, 2.75) is 329 Å². The molecule has 0 spiro atoms. The Kier molecular flexibility index (Phi) is 68.0. The van der Waals surface area contributed by atoms with Gasteiger partial charge >= 0.3 is 39.5 Å². The Labute approximate surface area is 594 Å². The molecule has 0 aromatic carbocycles. The lowest BCUT2D eigenvalue weighted by Crippen LogP contribution is -2.30. The van der Waals surface area contributed by atoms with Crippen molar-refractivity contribution in [3.8, 4) is 0 Å². The second-order valence-electron chi connectivity index (χ2n) is 25.2. The smallest absolute Gasteiger partial charge is 0.462 e. The maximum absolute atomic E-state index is 13.1. The summed E-state index contributed by atoms with van der Waals surface area (Å²) >= 11 is 0. The predicted molar refractivity (Wildman–Crippen MR) is 399 cm³/mol. The third kappa shape index (κ3) is 70.2. The maximum atomic E-state index is 13.1. The third-order valence-electron chi connectivity index (χ3n) is 15.7. The van der Waals surface area contributed by atoms with Gasteiger partial charge in [-0.1, -0.05) is 272 Å². The van der Waals surface area contributed by atoms with E-state index in [0.29, 0.717) is 25.7 Å². The Morgan fingerprint density at radius 2 is 0.551 bits per heavy atom. The average Bonchev–Trinajstić information content (AvgIpc) is 0.969. The maximum Gasteiger partial charge on any atom is 0.472 e. The molecule has 5 unspecified atom stereocenters. The second kappa shape index (κ2) is 71.1. The van der Waals surface area contributed by atoms with Gasteiger partial charge in [-0.2, -0.15) is 0 Å². The lowest BCUT2D eigenvalue weighted by Gasteiger charge is -2.21. The summed E-state index contributed by atoms with van der Waals surface area (Å²) in [6, 6.07) is 0. The van der Waals surface area contributed by atoms with Gasteiger partial charge in [-0.05, 0) is 122 Å². The number of unbranched alkanes of at least 4 members (excludes halogenated alkanes) is 27. The van der Waals surface area contributed by atoms with Gasteiger partial charge in [0.2, 0.25) is 0 Å². The molecular weight excluding hydrogens is 1280 g/mol. The monoisotopic (exact) mass is 1420 g/mol. The highest BCUT2D eigenvalue weighted by molar-refractivity contribution is 7.47. The van der Waals surface area contributed by atoms with E-state index in [1.54, 1.807) is 0 Å². The SMILES string of the molecule is CC/C=C\C/C=C\C/C=C\C/C=C\CCCCCCC(=O)OCC(COP(=O)(O)OCC(O)COP(=O)(O)OCC(COC(=O)CCCCCCC/C=C\C/C=C\C/C=C\CC)OC(=O)CCCCCCC/C=C\C/C=C\CCC)OC(=O)CCCCCCCCCCCCCCC. The Hall–Kier alpha value is -4.28. The minimum absolute atomic E-state index is 0.0736. The number of ether oxygens (including phenoxy) is 4. The van der Waals surface area contributed by atoms with E-state index >= 15 is 0 Å². The molecule has 0 radical (unpaired) electrons. The molecule has 0 aliphatic rings. The zero-order chi connectivity index (χ0) is 71.8. The quantitative estimate of drug-likeness (QED) is 0.0169. The van der Waals surface area contributed by atoms with Gasteiger partial charge in [-0.15, -0.1) is 0 Å². The average molecular weight is 1420 g/mol. The van der Waals surface area contributed by atoms with Crippen LogP contribution < -0.4 is 0 Å². The van der Waals surface area contributed by atoms with Crippen molar-refractivity contribution in [1.82, 2.24) is 0 Å². The first kappa shape index (κ1) is 93.7. The van der Waals surface area contributed by atoms with Gasteiger partial charge in [0.25, 0.3) is 0 Å². The van der Waals surface area contributed by atoms with Gasteiger partial charge in [0.1, 0.15) is 19.3 Å². The van der Waals surface area contributed by atoms with Crippen molar-refractivity contribution in [2.24, 2.45) is 0 Å². The van der Waals surface area contributed by atoms with Crippen LogP contribution in [0.2, 0.25) is 0 Å². The number of hydrogen-bond donors (Lipinski definition) is 3. The zero-order valence-corrected chi connectivity index (χ0v) is 63.2. The molecule has 19 heteroatoms. The van der Waals surface area contributed by atoms with E-state index in [0.717, 1.165) is 180 Å². The minimum atomic E-state index is -4.98. The number of allylic oxidation sites excluding steroid dienone is 18. The molecule has 0 aromatic rings. The van der Waals surface area contributed by atoms with Crippen LogP contribution in [0.3, 0.4) is 0 Å². The molecule has 0 saturated heterocycles. The number of aliphatic hydroxyl groups is 1. The van der Waals surface area contributed by atoms with Gasteiger partial charge in [0, 0.05) is 25.7 Å². The second-order valence-corrected chi connectivity index (χ2v) is 28.1. The normalized spacial score (nSPS) is 14.6. The molecule has 3 N–H and O–H groups in total. The number of aliphatic hydroxyl groups excluding tert-OH is 1. The molecule has 0 heterocycles. The minimum Gasteiger partial charge on any atom is -0.462 e. The first-order valence-corrected chi connectivity index (χ1v) is 41.1. The molecule has 0 bridgehead atoms. The third-order valence-corrected chi connectivity index (χ3v) is 17.6. The largest absolute Gasteiger partial charge is 0.472 e. The lowest BCUT2D eigenvalue weighted by atomic mass is 10.0. The summed E-state index contributed by atoms with van der Waals surface area (Å²) in [5.74, 6) is -2.23. The van der Waals surface area contributed by atoms with Crippen LogP contribution in [0.5, 0.6) is 0 Å². The van der Waals surface area contributed by atoms with Crippen molar-refractivity contribution in [1.29, 1.82) is 0 Å². The lowest BCUT2D eigenvalue weighted by molar-refractivity contribution is -0.161. The summed E-state index contributed by atoms with van der Waals surface area (Å²) in [6.07, 6.45) is 75.0. The van der Waals surface area contributed by atoms with Crippen LogP contribution >= 0.6 is 15.6 Å². The number of phosphoric ester groups is 2. The zero-order valence-electron chi connectivity index (χ0n) is 61.4. The van der Waals surface area contributed by atoms with Crippen LogP contribution in [0.4, 0.5) is 0 Å². The van der Waals surface area contributed by atoms with Gasteiger partial charge in [-0.25, -0.2) is 9.13 Å².